The van der Waals surface area contributed by atoms with Gasteiger partial charge in [-0.1, -0.05) is 43.5 Å². The summed E-state index contributed by atoms with van der Waals surface area (Å²) in [4.78, 5) is 25.6. The first-order chi connectivity index (χ1) is 15.9. The third kappa shape index (κ3) is 6.00. The number of amides is 2. The average molecular weight is 470 g/mol. The highest BCUT2D eigenvalue weighted by Crippen LogP contribution is 2.21. The molecule has 2 aromatic carbocycles. The summed E-state index contributed by atoms with van der Waals surface area (Å²) in [5.41, 5.74) is 1.94. The van der Waals surface area contributed by atoms with E-state index in [1.807, 2.05) is 0 Å². The van der Waals surface area contributed by atoms with E-state index in [4.69, 9.17) is 0 Å². The van der Waals surface area contributed by atoms with Crippen LogP contribution in [0.15, 0.2) is 48.5 Å². The highest BCUT2D eigenvalue weighted by Gasteiger charge is 2.25. The lowest BCUT2D eigenvalue weighted by Crippen LogP contribution is -2.36. The molecule has 1 saturated carbocycles. The van der Waals surface area contributed by atoms with Crippen molar-refractivity contribution in [1.82, 2.24) is 9.62 Å². The van der Waals surface area contributed by atoms with Crippen LogP contribution < -0.4 is 10.6 Å². The normalized spacial score (nSPS) is 17.6. The fourth-order valence-electron chi connectivity index (χ4n) is 4.52. The van der Waals surface area contributed by atoms with E-state index in [2.05, 4.69) is 10.6 Å². The third-order valence-electron chi connectivity index (χ3n) is 6.38. The summed E-state index contributed by atoms with van der Waals surface area (Å²) in [5, 5.41) is 5.92. The van der Waals surface area contributed by atoms with Gasteiger partial charge in [-0.05, 0) is 55.5 Å². The first-order valence-electron chi connectivity index (χ1n) is 11.7. The number of rotatable bonds is 7. The van der Waals surface area contributed by atoms with Crippen LogP contribution in [0.25, 0.3) is 0 Å². The summed E-state index contributed by atoms with van der Waals surface area (Å²) < 4.78 is 26.6. The van der Waals surface area contributed by atoms with E-state index in [1.165, 1.54) is 10.7 Å². The van der Waals surface area contributed by atoms with Crippen molar-refractivity contribution in [2.45, 2.75) is 56.7 Å². The zero-order valence-corrected chi connectivity index (χ0v) is 19.6. The van der Waals surface area contributed by atoms with E-state index < -0.39 is 10.0 Å². The van der Waals surface area contributed by atoms with Gasteiger partial charge in [0.2, 0.25) is 10.0 Å². The van der Waals surface area contributed by atoms with Gasteiger partial charge in [0.15, 0.2) is 0 Å². The number of sulfonamides is 1. The lowest BCUT2D eigenvalue weighted by Gasteiger charge is -2.23. The zero-order chi connectivity index (χ0) is 23.3. The molecule has 0 bridgehead atoms. The molecule has 0 spiro atoms. The van der Waals surface area contributed by atoms with E-state index in [9.17, 15) is 18.0 Å². The van der Waals surface area contributed by atoms with E-state index in [1.54, 1.807) is 48.5 Å². The lowest BCUT2D eigenvalue weighted by molar-refractivity contribution is 0.0928. The van der Waals surface area contributed by atoms with E-state index in [-0.39, 0.29) is 23.6 Å². The Morgan fingerprint density at radius 1 is 0.848 bits per heavy atom. The van der Waals surface area contributed by atoms with Gasteiger partial charge in [-0.2, -0.15) is 0 Å². The van der Waals surface area contributed by atoms with Crippen molar-refractivity contribution >= 4 is 27.5 Å². The molecule has 2 fully saturated rings. The lowest BCUT2D eigenvalue weighted by atomic mass is 9.95. The van der Waals surface area contributed by atoms with Crippen molar-refractivity contribution in [3.63, 3.8) is 0 Å². The summed E-state index contributed by atoms with van der Waals surface area (Å²) in [6, 6.07) is 13.7. The number of carbonyl (C=O) groups excluding carboxylic acids is 2. The molecule has 2 N–H and O–H groups in total. The number of anilines is 1. The van der Waals surface area contributed by atoms with Gasteiger partial charge < -0.3 is 10.6 Å². The summed E-state index contributed by atoms with van der Waals surface area (Å²) in [6.45, 7) is 1.16. The van der Waals surface area contributed by atoms with Gasteiger partial charge in [0.05, 0.1) is 17.0 Å². The van der Waals surface area contributed by atoms with Gasteiger partial charge in [0.1, 0.15) is 0 Å². The van der Waals surface area contributed by atoms with Crippen molar-refractivity contribution in [2.75, 3.05) is 18.4 Å². The van der Waals surface area contributed by atoms with Crippen LogP contribution in [-0.2, 0) is 15.8 Å². The molecule has 2 amide bonds. The SMILES string of the molecule is O=C(Nc1ccccc1C(=O)NC1CCCCC1)c1ccc(CS(=O)(=O)N2CCCC2)cc1. The van der Waals surface area contributed by atoms with Crippen LogP contribution in [0.4, 0.5) is 5.69 Å². The van der Waals surface area contributed by atoms with Crippen molar-refractivity contribution in [1.29, 1.82) is 0 Å². The number of para-hydroxylation sites is 1. The van der Waals surface area contributed by atoms with Gasteiger partial charge >= 0.3 is 0 Å². The molecule has 7 nitrogen and oxygen atoms in total. The Kier molecular flexibility index (Phi) is 7.45. The first-order valence-corrected chi connectivity index (χ1v) is 13.3. The standard InChI is InChI=1S/C25H31N3O4S/c29-24(20-14-12-19(13-15-20)18-33(31,32)28-16-6-7-17-28)27-23-11-5-4-10-22(23)25(30)26-21-8-2-1-3-9-21/h4-5,10-15,21H,1-3,6-9,16-18H2,(H,26,30)(H,27,29). The molecule has 8 heteroatoms. The smallest absolute Gasteiger partial charge is 0.255 e. The molecular weight excluding hydrogens is 438 g/mol. The fraction of sp³-hybridized carbons (Fsp3) is 0.440. The second kappa shape index (κ2) is 10.5. The zero-order valence-electron chi connectivity index (χ0n) is 18.8. The van der Waals surface area contributed by atoms with Gasteiger partial charge in [0.25, 0.3) is 11.8 Å². The average Bonchev–Trinajstić information content (AvgIpc) is 3.36. The minimum absolute atomic E-state index is 0.0704. The largest absolute Gasteiger partial charge is 0.349 e. The number of carbonyl (C=O) groups is 2. The van der Waals surface area contributed by atoms with Crippen molar-refractivity contribution in [3.05, 3.63) is 65.2 Å². The quantitative estimate of drug-likeness (QED) is 0.642. The van der Waals surface area contributed by atoms with Crippen LogP contribution in [0.3, 0.4) is 0 Å². The van der Waals surface area contributed by atoms with Gasteiger partial charge in [0, 0.05) is 24.7 Å². The molecule has 1 heterocycles. The van der Waals surface area contributed by atoms with Crippen molar-refractivity contribution < 1.29 is 18.0 Å². The minimum atomic E-state index is -3.33. The van der Waals surface area contributed by atoms with Crippen LogP contribution in [0.5, 0.6) is 0 Å². The molecule has 176 valence electrons. The van der Waals surface area contributed by atoms with Crippen LogP contribution in [0.1, 0.15) is 71.2 Å². The second-order valence-electron chi connectivity index (χ2n) is 8.87. The molecule has 4 rings (SSSR count). The predicted octanol–water partition coefficient (Wildman–Crippen LogP) is 3.93. The summed E-state index contributed by atoms with van der Waals surface area (Å²) in [7, 11) is -3.33. The Bertz CT molecular complexity index is 1090. The third-order valence-corrected chi connectivity index (χ3v) is 8.23. The molecule has 1 saturated heterocycles. The molecule has 0 radical (unpaired) electrons. The first kappa shape index (κ1) is 23.4. The van der Waals surface area contributed by atoms with Crippen LogP contribution in [0.2, 0.25) is 0 Å². The summed E-state index contributed by atoms with van der Waals surface area (Å²) in [6.07, 6.45) is 7.23. The summed E-state index contributed by atoms with van der Waals surface area (Å²) >= 11 is 0. The number of benzene rings is 2. The Morgan fingerprint density at radius 3 is 2.21 bits per heavy atom. The topological polar surface area (TPSA) is 95.6 Å². The Labute approximate surface area is 195 Å². The molecule has 1 aliphatic carbocycles. The molecule has 0 unspecified atom stereocenters. The van der Waals surface area contributed by atoms with E-state index >= 15 is 0 Å². The van der Waals surface area contributed by atoms with Gasteiger partial charge in [-0.15, -0.1) is 0 Å². The monoisotopic (exact) mass is 469 g/mol. The van der Waals surface area contributed by atoms with Crippen LogP contribution in [-0.4, -0.2) is 43.7 Å². The Balaban J connectivity index is 1.40. The Hall–Kier alpha value is -2.71. The van der Waals surface area contributed by atoms with E-state index in [0.29, 0.717) is 35.5 Å². The number of hydrogen-bond donors (Lipinski definition) is 2. The van der Waals surface area contributed by atoms with Crippen molar-refractivity contribution in [2.24, 2.45) is 0 Å². The van der Waals surface area contributed by atoms with Crippen LogP contribution >= 0.6 is 0 Å². The fourth-order valence-corrected chi connectivity index (χ4v) is 6.13. The maximum atomic E-state index is 12.8. The molecule has 2 aromatic rings. The van der Waals surface area contributed by atoms with E-state index in [0.717, 1.165) is 38.5 Å². The van der Waals surface area contributed by atoms with Gasteiger partial charge in [-0.25, -0.2) is 12.7 Å². The maximum absolute atomic E-state index is 12.8. The number of nitrogens with one attached hydrogen (secondary N) is 2. The highest BCUT2D eigenvalue weighted by molar-refractivity contribution is 7.88. The molecular formula is C25H31N3O4S. The van der Waals surface area contributed by atoms with Crippen LogP contribution in [0, 0.1) is 0 Å². The molecule has 2 aliphatic rings. The minimum Gasteiger partial charge on any atom is -0.349 e. The molecule has 0 aromatic heterocycles. The maximum Gasteiger partial charge on any atom is 0.255 e. The second-order valence-corrected chi connectivity index (χ2v) is 10.8. The number of nitrogens with zero attached hydrogens (tertiary/aromatic N) is 1. The molecule has 0 atom stereocenters. The van der Waals surface area contributed by atoms with Crippen molar-refractivity contribution in [3.8, 4) is 0 Å². The highest BCUT2D eigenvalue weighted by atomic mass is 32.2. The molecule has 33 heavy (non-hydrogen) atoms. The molecule has 1 aliphatic heterocycles. The predicted molar refractivity (Wildman–Crippen MR) is 129 cm³/mol. The van der Waals surface area contributed by atoms with Gasteiger partial charge in [-0.3, -0.25) is 9.59 Å². The number of hydrogen-bond acceptors (Lipinski definition) is 4. The Morgan fingerprint density at radius 2 is 1.52 bits per heavy atom. The summed E-state index contributed by atoms with van der Waals surface area (Å²) in [5.74, 6) is -0.596.